The summed E-state index contributed by atoms with van der Waals surface area (Å²) < 4.78 is 0. The number of rotatable bonds is 11. The fraction of sp³-hybridized carbons (Fsp3) is 0.400. The van der Waals surface area contributed by atoms with Crippen molar-refractivity contribution >= 4 is 53.0 Å². The molecule has 1 aliphatic rings. The van der Waals surface area contributed by atoms with Crippen molar-refractivity contribution in [2.45, 2.75) is 27.7 Å². The van der Waals surface area contributed by atoms with Gasteiger partial charge in [0, 0.05) is 49.5 Å². The maximum atomic E-state index is 13.6. The van der Waals surface area contributed by atoms with Gasteiger partial charge < -0.3 is 31.7 Å². The van der Waals surface area contributed by atoms with Gasteiger partial charge in [-0.25, -0.2) is 4.98 Å². The molecule has 0 atom stereocenters. The lowest BCUT2D eigenvalue weighted by atomic mass is 10.1. The molecule has 2 aromatic heterocycles. The number of allylic oxidation sites excluding steroid dienone is 1. The van der Waals surface area contributed by atoms with Crippen LogP contribution in [0, 0.1) is 12.3 Å². The van der Waals surface area contributed by atoms with Gasteiger partial charge in [-0.2, -0.15) is 4.98 Å². The zero-order chi connectivity index (χ0) is 27.3. The van der Waals surface area contributed by atoms with E-state index in [4.69, 9.17) is 22.7 Å². The van der Waals surface area contributed by atoms with E-state index in [0.29, 0.717) is 34.5 Å². The molecule has 1 aliphatic heterocycles. The Hall–Kier alpha value is -3.70. The van der Waals surface area contributed by atoms with Crippen molar-refractivity contribution in [3.63, 3.8) is 0 Å². The minimum Gasteiger partial charge on any atom is -0.391 e. The maximum Gasteiger partial charge on any atom is 0.260 e. The number of nitrogens with zero attached hydrogens (tertiary/aromatic N) is 4. The van der Waals surface area contributed by atoms with E-state index in [1.165, 1.54) is 11.1 Å². The van der Waals surface area contributed by atoms with Crippen molar-refractivity contribution in [2.75, 3.05) is 50.4 Å². The molecule has 0 bridgehead atoms. The van der Waals surface area contributed by atoms with Crippen LogP contribution in [-0.2, 0) is 4.79 Å². The smallest absolute Gasteiger partial charge is 0.260 e. The molecule has 0 saturated carbocycles. The Balaban J connectivity index is 1.95. The summed E-state index contributed by atoms with van der Waals surface area (Å²) in [6.45, 7) is 11.0. The van der Waals surface area contributed by atoms with E-state index in [2.05, 4.69) is 44.3 Å². The Labute approximate surface area is 221 Å². The second-order valence-corrected chi connectivity index (χ2v) is 8.95. The number of aromatic amines is 1. The highest BCUT2D eigenvalue weighted by molar-refractivity contribution is 6.41. The molecule has 3 rings (SSSR count). The molecule has 0 saturated heterocycles. The van der Waals surface area contributed by atoms with Crippen LogP contribution in [-0.4, -0.2) is 77.7 Å². The van der Waals surface area contributed by atoms with Crippen LogP contribution in [0.1, 0.15) is 48.0 Å². The van der Waals surface area contributed by atoms with Crippen molar-refractivity contribution in [2.24, 2.45) is 0 Å². The van der Waals surface area contributed by atoms with Crippen LogP contribution >= 0.6 is 11.6 Å². The van der Waals surface area contributed by atoms with Crippen molar-refractivity contribution in [1.29, 1.82) is 5.41 Å². The van der Waals surface area contributed by atoms with Gasteiger partial charge in [-0.15, -0.1) is 0 Å². The predicted octanol–water partition coefficient (Wildman–Crippen LogP) is 2.45. The van der Waals surface area contributed by atoms with Gasteiger partial charge in [0.15, 0.2) is 5.82 Å². The van der Waals surface area contributed by atoms with Gasteiger partial charge in [-0.3, -0.25) is 14.5 Å². The number of anilines is 2. The molecule has 11 nitrogen and oxygen atoms in total. The first-order chi connectivity index (χ1) is 17.7. The van der Waals surface area contributed by atoms with E-state index in [-0.39, 0.29) is 40.9 Å². The summed E-state index contributed by atoms with van der Waals surface area (Å²) in [5.41, 5.74) is 9.57. The van der Waals surface area contributed by atoms with E-state index in [1.54, 1.807) is 19.3 Å². The number of H-pyrrole nitrogens is 1. The third kappa shape index (κ3) is 5.83. The first kappa shape index (κ1) is 27.9. The summed E-state index contributed by atoms with van der Waals surface area (Å²) in [6.07, 6.45) is 4.46. The highest BCUT2D eigenvalue weighted by Crippen LogP contribution is 2.41. The van der Waals surface area contributed by atoms with Crippen molar-refractivity contribution in [3.8, 4) is 0 Å². The van der Waals surface area contributed by atoms with E-state index < -0.39 is 0 Å². The lowest BCUT2D eigenvalue weighted by Crippen LogP contribution is -2.34. The number of carbonyl (C=O) groups excluding carboxylic acids is 2. The van der Waals surface area contributed by atoms with Crippen molar-refractivity contribution in [1.82, 2.24) is 30.5 Å². The Bertz CT molecular complexity index is 1260. The molecule has 2 aromatic rings. The summed E-state index contributed by atoms with van der Waals surface area (Å²) in [5, 5.41) is 13.8. The summed E-state index contributed by atoms with van der Waals surface area (Å²) in [7, 11) is 1.74. The average Bonchev–Trinajstić information content (AvgIpc) is 3.36. The summed E-state index contributed by atoms with van der Waals surface area (Å²) >= 11 is 6.43. The van der Waals surface area contributed by atoms with Crippen LogP contribution in [0.4, 0.5) is 11.8 Å². The van der Waals surface area contributed by atoms with Gasteiger partial charge in [0.05, 0.1) is 23.2 Å². The Morgan fingerprint density at radius 3 is 2.65 bits per heavy atom. The molecule has 6 N–H and O–H groups in total. The molecule has 0 radical (unpaired) electrons. The largest absolute Gasteiger partial charge is 0.391 e. The number of carbonyl (C=O) groups is 2. The van der Waals surface area contributed by atoms with Gasteiger partial charge in [0.2, 0.25) is 5.95 Å². The monoisotopic (exact) mass is 527 g/mol. The quantitative estimate of drug-likeness (QED) is 0.171. The number of halogens is 1. The van der Waals surface area contributed by atoms with Crippen LogP contribution in [0.3, 0.4) is 0 Å². The van der Waals surface area contributed by atoms with E-state index in [9.17, 15) is 9.59 Å². The van der Waals surface area contributed by atoms with Gasteiger partial charge in [-0.1, -0.05) is 25.4 Å². The van der Waals surface area contributed by atoms with Crippen LogP contribution in [0.5, 0.6) is 0 Å². The summed E-state index contributed by atoms with van der Waals surface area (Å²) in [6, 6.07) is 0. The predicted molar refractivity (Wildman–Crippen MR) is 148 cm³/mol. The molecule has 37 heavy (non-hydrogen) atoms. The van der Waals surface area contributed by atoms with Gasteiger partial charge in [0.25, 0.3) is 11.8 Å². The van der Waals surface area contributed by atoms with Gasteiger partial charge in [-0.05, 0) is 38.6 Å². The van der Waals surface area contributed by atoms with E-state index >= 15 is 0 Å². The first-order valence-corrected chi connectivity index (χ1v) is 12.5. The number of amides is 2. The Morgan fingerprint density at radius 2 is 2.03 bits per heavy atom. The number of nitrogen functional groups attached to an aromatic ring is 1. The number of nitrogens with two attached hydrogens (primary N) is 1. The second kappa shape index (κ2) is 12.0. The summed E-state index contributed by atoms with van der Waals surface area (Å²) in [5.74, 6) is -0.342. The van der Waals surface area contributed by atoms with Crippen LogP contribution in [0.15, 0.2) is 17.5 Å². The molecular formula is C25H34ClN9O2. The third-order valence-corrected chi connectivity index (χ3v) is 6.82. The Morgan fingerprint density at radius 1 is 1.32 bits per heavy atom. The molecule has 0 spiro atoms. The van der Waals surface area contributed by atoms with E-state index in [1.807, 2.05) is 13.8 Å². The zero-order valence-corrected chi connectivity index (χ0v) is 22.6. The highest BCUT2D eigenvalue weighted by Gasteiger charge is 2.37. The zero-order valence-electron chi connectivity index (χ0n) is 21.8. The average molecular weight is 528 g/mol. The number of fused-ring (bicyclic) bond motifs is 1. The number of nitrogens with one attached hydrogen (secondary N) is 4. The second-order valence-electron chi connectivity index (χ2n) is 8.59. The normalized spacial score (nSPS) is 14.7. The fourth-order valence-electron chi connectivity index (χ4n) is 4.10. The third-order valence-electron chi connectivity index (χ3n) is 6.54. The van der Waals surface area contributed by atoms with Crippen LogP contribution in [0.25, 0.3) is 11.6 Å². The number of hydrogen-bond donors (Lipinski definition) is 5. The van der Waals surface area contributed by atoms with E-state index in [0.717, 1.165) is 25.3 Å². The molecule has 3 heterocycles. The molecule has 0 fully saturated rings. The molecule has 0 aliphatic carbocycles. The highest BCUT2D eigenvalue weighted by atomic mass is 35.5. The molecule has 198 valence electrons. The molecular weight excluding hydrogens is 494 g/mol. The molecule has 0 aromatic carbocycles. The van der Waals surface area contributed by atoms with Crippen LogP contribution in [0.2, 0.25) is 5.15 Å². The number of aromatic nitrogens is 3. The number of hydrogen-bond acceptors (Lipinski definition) is 8. The minimum atomic E-state index is -0.362. The lowest BCUT2D eigenvalue weighted by Gasteiger charge is -2.18. The minimum absolute atomic E-state index is 0.0499. The SMILES string of the molecule is CCN(CC)CCNC(=O)c1c[nH]c(/C=C2\C(=O)N(C/C(C=N)=C(\C)NC)c3nc(N)nc(Cl)c32)c1C. The van der Waals surface area contributed by atoms with Crippen molar-refractivity contribution < 1.29 is 9.59 Å². The van der Waals surface area contributed by atoms with Gasteiger partial charge >= 0.3 is 0 Å². The summed E-state index contributed by atoms with van der Waals surface area (Å²) in [4.78, 5) is 41.4. The number of likely N-dealkylation sites (N-methyl/N-ethyl adjacent to an activating group) is 1. The standard InChI is InChI=1S/C25H34ClN9O2/c1-6-34(7-2)9-8-30-23(36)18-12-31-19(14(18)3)10-17-20-21(26)32-25(28)33-22(20)35(24(17)37)13-16(11-27)15(4)29-5/h10-12,27,29,31H,6-9,13H2,1-5H3,(H,30,36)(H2,28,32,33)/b16-15+,17-10-,27-11?. The molecule has 0 unspecified atom stereocenters. The molecule has 12 heteroatoms. The van der Waals surface area contributed by atoms with Crippen LogP contribution < -0.4 is 21.3 Å². The van der Waals surface area contributed by atoms with Crippen molar-refractivity contribution in [3.05, 3.63) is 45.0 Å². The lowest BCUT2D eigenvalue weighted by molar-refractivity contribution is -0.112. The first-order valence-electron chi connectivity index (χ1n) is 12.1. The molecule has 2 amide bonds. The maximum absolute atomic E-state index is 13.6. The van der Waals surface area contributed by atoms with Gasteiger partial charge in [0.1, 0.15) is 5.15 Å². The Kier molecular flexibility index (Phi) is 9.06. The fourth-order valence-corrected chi connectivity index (χ4v) is 4.37. The topological polar surface area (TPSA) is 156 Å².